The zero-order chi connectivity index (χ0) is 15.6. The third-order valence-electron chi connectivity index (χ3n) is 3.41. The van der Waals surface area contributed by atoms with Crippen molar-refractivity contribution in [2.24, 2.45) is 0 Å². The molecule has 5 heteroatoms. The Bertz CT molecular complexity index is 1020. The van der Waals surface area contributed by atoms with Crippen molar-refractivity contribution in [3.8, 4) is 17.5 Å². The number of hydrogen-bond acceptors (Lipinski definition) is 2. The molecule has 0 fully saturated rings. The normalized spacial score (nSPS) is 10.5. The summed E-state index contributed by atoms with van der Waals surface area (Å²) in [4.78, 5) is 7.05. The maximum Gasteiger partial charge on any atom is 0.142 e. The minimum absolute atomic E-state index is 0.356. The summed E-state index contributed by atoms with van der Waals surface area (Å²) in [6.45, 7) is 0. The fraction of sp³-hybridized carbons (Fsp3) is 0. The highest BCUT2D eigenvalue weighted by atomic mass is 19.1. The lowest BCUT2D eigenvalue weighted by Gasteiger charge is -2.00. The molecule has 0 radical (unpaired) electrons. The Labute approximate surface area is 131 Å². The van der Waals surface area contributed by atoms with Gasteiger partial charge < -0.3 is 4.98 Å². The number of rotatable bonds is 1. The van der Waals surface area contributed by atoms with Gasteiger partial charge in [0.25, 0.3) is 0 Å². The molecule has 23 heavy (non-hydrogen) atoms. The number of H-pyrrole nitrogens is 1. The van der Waals surface area contributed by atoms with Gasteiger partial charge in [-0.15, -0.1) is 0 Å². The Balaban J connectivity index is 1.61. The van der Waals surface area contributed by atoms with Crippen molar-refractivity contribution >= 4 is 11.0 Å². The molecule has 0 aliphatic carbocycles. The van der Waals surface area contributed by atoms with Gasteiger partial charge in [0.1, 0.15) is 11.5 Å². The van der Waals surface area contributed by atoms with Crippen molar-refractivity contribution in [1.82, 2.24) is 19.7 Å². The third kappa shape index (κ3) is 2.70. The van der Waals surface area contributed by atoms with Gasteiger partial charge in [0, 0.05) is 23.3 Å². The molecule has 0 bridgehead atoms. The zero-order valence-corrected chi connectivity index (χ0v) is 12.0. The van der Waals surface area contributed by atoms with Gasteiger partial charge in [0.15, 0.2) is 0 Å². The van der Waals surface area contributed by atoms with Gasteiger partial charge in [0.05, 0.1) is 17.6 Å². The molecule has 0 atom stereocenters. The van der Waals surface area contributed by atoms with Gasteiger partial charge in [-0.2, -0.15) is 5.10 Å². The van der Waals surface area contributed by atoms with Crippen LogP contribution in [0.2, 0.25) is 0 Å². The minimum atomic E-state index is -0.356. The number of benzene rings is 1. The molecule has 1 aromatic carbocycles. The first-order chi connectivity index (χ1) is 11.3. The number of hydrogen-bond donors (Lipinski definition) is 1. The Hall–Kier alpha value is -3.39. The molecule has 4 nitrogen and oxygen atoms in total. The molecule has 0 amide bonds. The van der Waals surface area contributed by atoms with Gasteiger partial charge in [0.2, 0.25) is 0 Å². The fourth-order valence-electron chi connectivity index (χ4n) is 2.31. The highest BCUT2D eigenvalue weighted by molar-refractivity contribution is 5.77. The number of nitrogens with zero attached hydrogens (tertiary/aromatic N) is 3. The van der Waals surface area contributed by atoms with Crippen LogP contribution in [0.25, 0.3) is 16.7 Å². The Morgan fingerprint density at radius 1 is 1.09 bits per heavy atom. The van der Waals surface area contributed by atoms with E-state index in [1.165, 1.54) is 12.3 Å². The molecule has 4 aromatic rings. The average Bonchev–Trinajstić information content (AvgIpc) is 3.22. The van der Waals surface area contributed by atoms with Crippen molar-refractivity contribution in [1.29, 1.82) is 0 Å². The second-order valence-corrected chi connectivity index (χ2v) is 5.02. The van der Waals surface area contributed by atoms with E-state index in [2.05, 4.69) is 26.9 Å². The van der Waals surface area contributed by atoms with Gasteiger partial charge in [-0.1, -0.05) is 5.92 Å². The van der Waals surface area contributed by atoms with Crippen molar-refractivity contribution < 1.29 is 4.39 Å². The lowest BCUT2D eigenvalue weighted by Crippen LogP contribution is -1.93. The lowest BCUT2D eigenvalue weighted by molar-refractivity contribution is 0.624. The summed E-state index contributed by atoms with van der Waals surface area (Å²) in [5.74, 6) is 5.75. The maximum atomic E-state index is 13.1. The number of pyridine rings is 1. The third-order valence-corrected chi connectivity index (χ3v) is 3.41. The summed E-state index contributed by atoms with van der Waals surface area (Å²) in [6, 6.07) is 12.9. The number of nitrogens with one attached hydrogen (secondary N) is 1. The van der Waals surface area contributed by atoms with E-state index in [1.807, 2.05) is 36.5 Å². The molecule has 1 N–H and O–H groups in total. The van der Waals surface area contributed by atoms with E-state index in [0.717, 1.165) is 11.3 Å². The van der Waals surface area contributed by atoms with Gasteiger partial charge in [-0.25, -0.2) is 14.1 Å². The highest BCUT2D eigenvalue weighted by Gasteiger charge is 2.01. The van der Waals surface area contributed by atoms with E-state index >= 15 is 0 Å². The maximum absolute atomic E-state index is 13.1. The van der Waals surface area contributed by atoms with E-state index in [1.54, 1.807) is 16.9 Å². The van der Waals surface area contributed by atoms with E-state index in [-0.39, 0.29) is 5.82 Å². The number of fused-ring (bicyclic) bond motifs is 1. The molecule has 0 unspecified atom stereocenters. The summed E-state index contributed by atoms with van der Waals surface area (Å²) in [6.07, 6.45) is 4.81. The molecule has 0 spiro atoms. The van der Waals surface area contributed by atoms with E-state index in [9.17, 15) is 4.39 Å². The largest absolute Gasteiger partial charge is 0.333 e. The topological polar surface area (TPSA) is 46.5 Å². The summed E-state index contributed by atoms with van der Waals surface area (Å²) in [5, 5.41) is 4.89. The molecule has 4 rings (SSSR count). The first kappa shape index (κ1) is 13.3. The Kier molecular flexibility index (Phi) is 3.13. The first-order valence-corrected chi connectivity index (χ1v) is 7.04. The summed E-state index contributed by atoms with van der Waals surface area (Å²) in [5.41, 5.74) is 3.20. The summed E-state index contributed by atoms with van der Waals surface area (Å²) >= 11 is 0. The first-order valence-electron chi connectivity index (χ1n) is 7.04. The van der Waals surface area contributed by atoms with Crippen LogP contribution in [0.1, 0.15) is 11.3 Å². The predicted octanol–water partition coefficient (Wildman–Crippen LogP) is 3.29. The van der Waals surface area contributed by atoms with E-state index in [0.29, 0.717) is 16.7 Å². The van der Waals surface area contributed by atoms with Gasteiger partial charge in [-0.3, -0.25) is 0 Å². The number of aromatic amines is 1. The smallest absolute Gasteiger partial charge is 0.142 e. The van der Waals surface area contributed by atoms with Crippen molar-refractivity contribution in [2.75, 3.05) is 0 Å². The monoisotopic (exact) mass is 302 g/mol. The van der Waals surface area contributed by atoms with Crippen LogP contribution in [0.4, 0.5) is 4.39 Å². The van der Waals surface area contributed by atoms with Gasteiger partial charge >= 0.3 is 0 Å². The molecule has 0 saturated heterocycles. The molecule has 0 aliphatic heterocycles. The van der Waals surface area contributed by atoms with Crippen LogP contribution in [-0.2, 0) is 0 Å². The van der Waals surface area contributed by atoms with Crippen LogP contribution in [0, 0.1) is 17.7 Å². The second kappa shape index (κ2) is 5.43. The second-order valence-electron chi connectivity index (χ2n) is 5.02. The standard InChI is InChI=1S/C18H11FN4/c19-15-10-14-11-16(22-18(14)20-12-15)5-2-13-3-6-17(7-4-13)23-9-1-8-21-23/h1,3-4,6-12H,(H,20,22). The molecule has 3 aromatic heterocycles. The predicted molar refractivity (Wildman–Crippen MR) is 85.6 cm³/mol. The average molecular weight is 302 g/mol. The molecule has 110 valence electrons. The summed E-state index contributed by atoms with van der Waals surface area (Å²) in [7, 11) is 0. The summed E-state index contributed by atoms with van der Waals surface area (Å²) < 4.78 is 14.9. The Morgan fingerprint density at radius 3 is 2.74 bits per heavy atom. The zero-order valence-electron chi connectivity index (χ0n) is 12.0. The van der Waals surface area contributed by atoms with Crippen LogP contribution in [0.15, 0.2) is 61.1 Å². The molecular weight excluding hydrogens is 291 g/mol. The van der Waals surface area contributed by atoms with Crippen LogP contribution in [0.5, 0.6) is 0 Å². The fourth-order valence-corrected chi connectivity index (χ4v) is 2.31. The number of halogens is 1. The lowest BCUT2D eigenvalue weighted by atomic mass is 10.2. The molecule has 0 saturated carbocycles. The quantitative estimate of drug-likeness (QED) is 0.548. The van der Waals surface area contributed by atoms with Crippen LogP contribution in [0.3, 0.4) is 0 Å². The van der Waals surface area contributed by atoms with Crippen molar-refractivity contribution in [3.05, 3.63) is 78.1 Å². The molecular formula is C18H11FN4. The van der Waals surface area contributed by atoms with Crippen molar-refractivity contribution in [3.63, 3.8) is 0 Å². The van der Waals surface area contributed by atoms with Gasteiger partial charge in [-0.05, 0) is 48.4 Å². The minimum Gasteiger partial charge on any atom is -0.333 e. The van der Waals surface area contributed by atoms with Crippen LogP contribution < -0.4 is 0 Å². The number of aromatic nitrogens is 4. The molecule has 0 aliphatic rings. The highest BCUT2D eigenvalue weighted by Crippen LogP contribution is 2.14. The molecule has 3 heterocycles. The van der Waals surface area contributed by atoms with E-state index < -0.39 is 0 Å². The van der Waals surface area contributed by atoms with Crippen LogP contribution in [-0.4, -0.2) is 19.7 Å². The Morgan fingerprint density at radius 2 is 1.96 bits per heavy atom. The van der Waals surface area contributed by atoms with Crippen LogP contribution >= 0.6 is 0 Å². The van der Waals surface area contributed by atoms with E-state index in [4.69, 9.17) is 0 Å². The SMILES string of the molecule is Fc1cnc2[nH]c(C#Cc3ccc(-n4cccn4)cc3)cc2c1. The van der Waals surface area contributed by atoms with Crippen molar-refractivity contribution in [2.45, 2.75) is 0 Å².